The van der Waals surface area contributed by atoms with Crippen molar-refractivity contribution in [3.63, 3.8) is 0 Å². The van der Waals surface area contributed by atoms with Crippen molar-refractivity contribution in [2.24, 2.45) is 17.3 Å². The van der Waals surface area contributed by atoms with E-state index in [1.807, 2.05) is 24.3 Å². The minimum atomic E-state index is -0.625. The fourth-order valence-electron chi connectivity index (χ4n) is 6.61. The van der Waals surface area contributed by atoms with Crippen LogP contribution in [0.4, 0.5) is 5.69 Å². The molecule has 0 radical (unpaired) electrons. The smallest absolute Gasteiger partial charge is 0.251 e. The van der Waals surface area contributed by atoms with Gasteiger partial charge in [-0.3, -0.25) is 14.4 Å². The zero-order valence-electron chi connectivity index (χ0n) is 22.7. The summed E-state index contributed by atoms with van der Waals surface area (Å²) in [4.78, 5) is 46.6. The first-order valence-corrected chi connectivity index (χ1v) is 13.9. The fraction of sp³-hybridized carbons (Fsp3) is 0.690. The first-order chi connectivity index (χ1) is 17.6. The number of hydrogen-bond donors (Lipinski definition) is 1. The molecular formula is C29H42N4O4. The lowest BCUT2D eigenvalue weighted by atomic mass is 9.78. The van der Waals surface area contributed by atoms with Crippen molar-refractivity contribution in [1.82, 2.24) is 15.1 Å². The quantitative estimate of drug-likeness (QED) is 0.656. The highest BCUT2D eigenvalue weighted by atomic mass is 16.5. The molecule has 37 heavy (non-hydrogen) atoms. The predicted molar refractivity (Wildman–Crippen MR) is 143 cm³/mol. The molecule has 4 aliphatic rings. The van der Waals surface area contributed by atoms with E-state index in [1.165, 1.54) is 0 Å². The summed E-state index contributed by atoms with van der Waals surface area (Å²) >= 11 is 0. The SMILES string of the molecule is CN1CCN(c2ccc(C(=O)N[C@H](C(=O)N3C[C@@H](C(C)(C)C)[C@H]4OCC(=O)[C@H]43)C3CCCC3)cc2)CC1. The number of hydrogen-bond acceptors (Lipinski definition) is 6. The molecule has 3 heterocycles. The van der Waals surface area contributed by atoms with Crippen LogP contribution in [0.25, 0.3) is 0 Å². The molecule has 0 unspecified atom stereocenters. The number of carbonyl (C=O) groups is 3. The van der Waals surface area contributed by atoms with Crippen LogP contribution in [-0.2, 0) is 14.3 Å². The molecular weight excluding hydrogens is 468 g/mol. The Kier molecular flexibility index (Phi) is 7.33. The van der Waals surface area contributed by atoms with Gasteiger partial charge in [0.1, 0.15) is 18.7 Å². The summed E-state index contributed by atoms with van der Waals surface area (Å²) in [7, 11) is 2.13. The van der Waals surface area contributed by atoms with Crippen molar-refractivity contribution in [2.45, 2.75) is 64.6 Å². The number of piperazine rings is 1. The number of nitrogens with zero attached hydrogens (tertiary/aromatic N) is 3. The standard InChI is InChI=1S/C29H42N4O4/c1-29(2,3)22-17-33(25-23(34)18-37-26(22)25)28(36)24(19-7-5-6-8-19)30-27(35)20-9-11-21(12-10-20)32-15-13-31(4)14-16-32/h9-12,19,22,24-26H,5-8,13-18H2,1-4H3,(H,30,35)/t22-,24+,25-,26-/m1/s1. The zero-order valence-corrected chi connectivity index (χ0v) is 22.7. The van der Waals surface area contributed by atoms with Gasteiger partial charge in [-0.25, -0.2) is 0 Å². The summed E-state index contributed by atoms with van der Waals surface area (Å²) in [6.07, 6.45) is 3.67. The number of rotatable bonds is 5. The van der Waals surface area contributed by atoms with Gasteiger partial charge < -0.3 is 24.8 Å². The number of ether oxygens (including phenoxy) is 1. The molecule has 2 amide bonds. The lowest BCUT2D eigenvalue weighted by Crippen LogP contribution is -2.54. The first-order valence-electron chi connectivity index (χ1n) is 13.9. The Bertz CT molecular complexity index is 1010. The first kappa shape index (κ1) is 26.2. The Morgan fingerprint density at radius 2 is 1.68 bits per heavy atom. The van der Waals surface area contributed by atoms with Crippen LogP contribution in [0.5, 0.6) is 0 Å². The van der Waals surface area contributed by atoms with Crippen molar-refractivity contribution >= 4 is 23.3 Å². The van der Waals surface area contributed by atoms with Gasteiger partial charge in [-0.2, -0.15) is 0 Å². The average molecular weight is 511 g/mol. The molecule has 3 saturated heterocycles. The highest BCUT2D eigenvalue weighted by Crippen LogP contribution is 2.42. The number of likely N-dealkylation sites (tertiary alicyclic amines) is 1. The van der Waals surface area contributed by atoms with E-state index in [-0.39, 0.29) is 47.6 Å². The summed E-state index contributed by atoms with van der Waals surface area (Å²) in [5.41, 5.74) is 1.57. The molecule has 1 aliphatic carbocycles. The Balaban J connectivity index is 1.32. The molecule has 8 heteroatoms. The molecule has 1 saturated carbocycles. The van der Waals surface area contributed by atoms with Gasteiger partial charge >= 0.3 is 0 Å². The van der Waals surface area contributed by atoms with E-state index in [4.69, 9.17) is 4.74 Å². The molecule has 0 aromatic heterocycles. The van der Waals surface area contributed by atoms with E-state index in [0.717, 1.165) is 57.5 Å². The molecule has 4 atom stereocenters. The highest BCUT2D eigenvalue weighted by molar-refractivity contribution is 5.99. The van der Waals surface area contributed by atoms with Gasteiger partial charge in [-0.15, -0.1) is 0 Å². The maximum Gasteiger partial charge on any atom is 0.251 e. The minimum Gasteiger partial charge on any atom is -0.369 e. The van der Waals surface area contributed by atoms with Crippen LogP contribution in [0.15, 0.2) is 24.3 Å². The molecule has 0 bridgehead atoms. The number of carbonyl (C=O) groups excluding carboxylic acids is 3. The lowest BCUT2D eigenvalue weighted by molar-refractivity contribution is -0.139. The molecule has 5 rings (SSSR count). The Labute approximate surface area is 220 Å². The summed E-state index contributed by atoms with van der Waals surface area (Å²) in [5.74, 6) is -0.219. The normalized spacial score (nSPS) is 28.0. The van der Waals surface area contributed by atoms with E-state index in [0.29, 0.717) is 12.1 Å². The number of likely N-dealkylation sites (N-methyl/N-ethyl adjacent to an activating group) is 1. The second-order valence-electron chi connectivity index (χ2n) is 12.5. The monoisotopic (exact) mass is 510 g/mol. The number of nitrogens with one attached hydrogen (secondary N) is 1. The van der Waals surface area contributed by atoms with Gasteiger partial charge in [-0.1, -0.05) is 33.6 Å². The molecule has 0 spiro atoms. The highest BCUT2D eigenvalue weighted by Gasteiger charge is 2.56. The topological polar surface area (TPSA) is 82.2 Å². The van der Waals surface area contributed by atoms with Crippen LogP contribution >= 0.6 is 0 Å². The van der Waals surface area contributed by atoms with Crippen LogP contribution in [0.1, 0.15) is 56.8 Å². The maximum absolute atomic E-state index is 14.0. The number of benzene rings is 1. The van der Waals surface area contributed by atoms with Crippen molar-refractivity contribution in [2.75, 3.05) is 51.3 Å². The van der Waals surface area contributed by atoms with Gasteiger partial charge in [0, 0.05) is 49.9 Å². The summed E-state index contributed by atoms with van der Waals surface area (Å²) in [5, 5.41) is 3.10. The van der Waals surface area contributed by atoms with Crippen LogP contribution in [0, 0.1) is 17.3 Å². The van der Waals surface area contributed by atoms with Crippen molar-refractivity contribution < 1.29 is 19.1 Å². The molecule has 1 aromatic carbocycles. The summed E-state index contributed by atoms with van der Waals surface area (Å²) in [6.45, 7) is 10.9. The zero-order chi connectivity index (χ0) is 26.3. The largest absolute Gasteiger partial charge is 0.369 e. The van der Waals surface area contributed by atoms with Crippen LogP contribution in [-0.4, -0.2) is 92.0 Å². The number of anilines is 1. The molecule has 1 N–H and O–H groups in total. The van der Waals surface area contributed by atoms with Gasteiger partial charge in [0.25, 0.3) is 5.91 Å². The average Bonchev–Trinajstić information content (AvgIpc) is 3.61. The maximum atomic E-state index is 14.0. The van der Waals surface area contributed by atoms with Crippen LogP contribution in [0.2, 0.25) is 0 Å². The number of amides is 2. The van der Waals surface area contributed by atoms with E-state index in [1.54, 1.807) is 4.90 Å². The molecule has 1 aromatic rings. The Morgan fingerprint density at radius 3 is 2.30 bits per heavy atom. The molecule has 3 aliphatic heterocycles. The summed E-state index contributed by atoms with van der Waals surface area (Å²) in [6, 6.07) is 6.55. The third kappa shape index (κ3) is 5.28. The van der Waals surface area contributed by atoms with E-state index >= 15 is 0 Å². The number of ketones is 1. The molecule has 202 valence electrons. The Hall–Kier alpha value is -2.45. The van der Waals surface area contributed by atoms with Gasteiger partial charge in [0.2, 0.25) is 5.91 Å². The minimum absolute atomic E-state index is 0.0268. The van der Waals surface area contributed by atoms with Gasteiger partial charge in [-0.05, 0) is 55.5 Å². The number of Topliss-reactive ketones (excluding diaryl/α,β-unsaturated/α-hetero) is 1. The van der Waals surface area contributed by atoms with E-state index < -0.39 is 12.1 Å². The summed E-state index contributed by atoms with van der Waals surface area (Å²) < 4.78 is 5.89. The predicted octanol–water partition coefficient (Wildman–Crippen LogP) is 2.57. The second kappa shape index (κ2) is 10.4. The fourth-order valence-corrected chi connectivity index (χ4v) is 6.61. The van der Waals surface area contributed by atoms with Crippen molar-refractivity contribution in [3.05, 3.63) is 29.8 Å². The van der Waals surface area contributed by atoms with Crippen LogP contribution < -0.4 is 10.2 Å². The second-order valence-corrected chi connectivity index (χ2v) is 12.5. The molecule has 4 fully saturated rings. The van der Waals surface area contributed by atoms with E-state index in [9.17, 15) is 14.4 Å². The van der Waals surface area contributed by atoms with Gasteiger partial charge in [0.15, 0.2) is 5.78 Å². The third-order valence-electron chi connectivity index (χ3n) is 9.00. The van der Waals surface area contributed by atoms with Crippen molar-refractivity contribution in [1.29, 1.82) is 0 Å². The Morgan fingerprint density at radius 1 is 1.03 bits per heavy atom. The molecule has 8 nitrogen and oxygen atoms in total. The van der Waals surface area contributed by atoms with Crippen LogP contribution in [0.3, 0.4) is 0 Å². The number of fused-ring (bicyclic) bond motifs is 1. The van der Waals surface area contributed by atoms with E-state index in [2.05, 4.69) is 42.9 Å². The van der Waals surface area contributed by atoms with Gasteiger partial charge in [0.05, 0.1) is 6.10 Å². The third-order valence-corrected chi connectivity index (χ3v) is 9.00. The van der Waals surface area contributed by atoms with Crippen molar-refractivity contribution in [3.8, 4) is 0 Å². The lowest BCUT2D eigenvalue weighted by Gasteiger charge is -2.34.